The molecule has 0 fully saturated rings. The molecule has 0 aliphatic carbocycles. The Hall–Kier alpha value is -1.93. The maximum atomic E-state index is 14.5. The molecule has 0 unspecified atom stereocenters. The lowest BCUT2D eigenvalue weighted by atomic mass is 10.1. The van der Waals surface area contributed by atoms with E-state index in [-0.39, 0.29) is 6.03 Å². The molecule has 0 spiro atoms. The SMILES string of the molecule is Cc1c2n(c3cc(S(=O)(=O)NC(C)(C)C)c(F)cc13)C(=O)NCC2. The fraction of sp³-hybridized carbons (Fsp3) is 0.438. The Bertz CT molecular complexity index is 955. The molecule has 3 rings (SSSR count). The van der Waals surface area contributed by atoms with Crippen LogP contribution in [0.1, 0.15) is 32.0 Å². The molecule has 0 radical (unpaired) electrons. The summed E-state index contributed by atoms with van der Waals surface area (Å²) >= 11 is 0. The van der Waals surface area contributed by atoms with E-state index in [2.05, 4.69) is 10.0 Å². The first kappa shape index (κ1) is 16.9. The molecule has 0 bridgehead atoms. The zero-order valence-corrected chi connectivity index (χ0v) is 14.8. The Morgan fingerprint density at radius 1 is 1.29 bits per heavy atom. The van der Waals surface area contributed by atoms with E-state index in [4.69, 9.17) is 0 Å². The van der Waals surface area contributed by atoms with Gasteiger partial charge < -0.3 is 5.32 Å². The summed E-state index contributed by atoms with van der Waals surface area (Å²) in [5, 5.41) is 3.27. The number of nitrogens with one attached hydrogen (secondary N) is 2. The lowest BCUT2D eigenvalue weighted by Crippen LogP contribution is -2.40. The Morgan fingerprint density at radius 3 is 2.58 bits per heavy atom. The highest BCUT2D eigenvalue weighted by molar-refractivity contribution is 7.89. The van der Waals surface area contributed by atoms with Gasteiger partial charge in [-0.05, 0) is 45.4 Å². The predicted octanol–water partition coefficient (Wildman–Crippen LogP) is 2.28. The largest absolute Gasteiger partial charge is 0.337 e. The van der Waals surface area contributed by atoms with Gasteiger partial charge in [-0.2, -0.15) is 0 Å². The number of aromatic nitrogens is 1. The molecule has 0 saturated carbocycles. The Balaban J connectivity index is 2.28. The van der Waals surface area contributed by atoms with Crippen LogP contribution in [0.15, 0.2) is 17.0 Å². The molecule has 1 aromatic heterocycles. The number of halogens is 1. The number of sulfonamides is 1. The van der Waals surface area contributed by atoms with Gasteiger partial charge in [-0.15, -0.1) is 0 Å². The van der Waals surface area contributed by atoms with Crippen LogP contribution in [0.25, 0.3) is 10.9 Å². The highest BCUT2D eigenvalue weighted by atomic mass is 32.2. The number of nitrogens with zero attached hydrogens (tertiary/aromatic N) is 1. The number of rotatable bonds is 2. The van der Waals surface area contributed by atoms with Gasteiger partial charge in [0.1, 0.15) is 10.7 Å². The van der Waals surface area contributed by atoms with Gasteiger partial charge in [0, 0.05) is 29.6 Å². The number of benzene rings is 1. The monoisotopic (exact) mass is 353 g/mol. The number of fused-ring (bicyclic) bond motifs is 3. The van der Waals surface area contributed by atoms with E-state index in [1.807, 2.05) is 6.92 Å². The number of aryl methyl sites for hydroxylation is 1. The summed E-state index contributed by atoms with van der Waals surface area (Å²) in [6, 6.07) is 2.11. The zero-order valence-electron chi connectivity index (χ0n) is 14.0. The third-order valence-electron chi connectivity index (χ3n) is 3.97. The van der Waals surface area contributed by atoms with Crippen molar-refractivity contribution in [1.82, 2.24) is 14.6 Å². The van der Waals surface area contributed by atoms with Crippen molar-refractivity contribution in [2.24, 2.45) is 0 Å². The lowest BCUT2D eigenvalue weighted by Gasteiger charge is -2.21. The molecular weight excluding hydrogens is 333 g/mol. The minimum absolute atomic E-state index is 0.326. The number of carbonyl (C=O) groups is 1. The van der Waals surface area contributed by atoms with Gasteiger partial charge in [0.2, 0.25) is 10.0 Å². The van der Waals surface area contributed by atoms with Crippen molar-refractivity contribution in [3.8, 4) is 0 Å². The Labute approximate surface area is 140 Å². The van der Waals surface area contributed by atoms with Crippen LogP contribution >= 0.6 is 0 Å². The van der Waals surface area contributed by atoms with Gasteiger partial charge in [0.15, 0.2) is 0 Å². The molecule has 0 atom stereocenters. The summed E-state index contributed by atoms with van der Waals surface area (Å²) in [6.45, 7) is 7.36. The summed E-state index contributed by atoms with van der Waals surface area (Å²) in [6.07, 6.45) is 0.621. The van der Waals surface area contributed by atoms with E-state index >= 15 is 0 Å². The van der Waals surface area contributed by atoms with Crippen LogP contribution in [0.4, 0.5) is 9.18 Å². The molecule has 6 nitrogen and oxygen atoms in total. The van der Waals surface area contributed by atoms with Crippen molar-refractivity contribution in [3.05, 3.63) is 29.2 Å². The first-order valence-corrected chi connectivity index (χ1v) is 9.15. The van der Waals surface area contributed by atoms with Gasteiger partial charge in [0.25, 0.3) is 0 Å². The van der Waals surface area contributed by atoms with E-state index < -0.39 is 26.3 Å². The van der Waals surface area contributed by atoms with Crippen molar-refractivity contribution in [2.45, 2.75) is 44.6 Å². The first-order chi connectivity index (χ1) is 11.0. The minimum Gasteiger partial charge on any atom is -0.337 e. The summed E-state index contributed by atoms with van der Waals surface area (Å²) in [7, 11) is -4.04. The molecule has 2 aromatic rings. The van der Waals surface area contributed by atoms with Gasteiger partial charge in [-0.25, -0.2) is 22.3 Å². The summed E-state index contributed by atoms with van der Waals surface area (Å²) in [5.74, 6) is -0.828. The van der Waals surface area contributed by atoms with Crippen LogP contribution in [0.2, 0.25) is 0 Å². The molecule has 2 N–H and O–H groups in total. The average Bonchev–Trinajstić information content (AvgIpc) is 2.70. The molecule has 0 saturated heterocycles. The number of hydrogen-bond donors (Lipinski definition) is 2. The third kappa shape index (κ3) is 2.69. The van der Waals surface area contributed by atoms with Gasteiger partial charge in [-0.1, -0.05) is 0 Å². The molecule has 130 valence electrons. The molecule has 1 amide bonds. The van der Waals surface area contributed by atoms with Gasteiger partial charge >= 0.3 is 6.03 Å². The van der Waals surface area contributed by atoms with Crippen molar-refractivity contribution in [2.75, 3.05) is 6.54 Å². The van der Waals surface area contributed by atoms with Crippen molar-refractivity contribution in [3.63, 3.8) is 0 Å². The standard InChI is InChI=1S/C16H20FN3O3S/c1-9-10-7-11(17)14(24(22,23)19-16(2,3)4)8-13(10)20-12(9)5-6-18-15(20)21/h7-8,19H,5-6H2,1-4H3,(H,18,21). The summed E-state index contributed by atoms with van der Waals surface area (Å²) in [4.78, 5) is 11.7. The third-order valence-corrected chi connectivity index (χ3v) is 5.74. The first-order valence-electron chi connectivity index (χ1n) is 7.67. The van der Waals surface area contributed by atoms with Crippen molar-refractivity contribution >= 4 is 27.0 Å². The predicted molar refractivity (Wildman–Crippen MR) is 89.2 cm³/mol. The smallest absolute Gasteiger partial charge is 0.326 e. The minimum atomic E-state index is -4.04. The van der Waals surface area contributed by atoms with Crippen LogP contribution in [-0.2, 0) is 16.4 Å². The topological polar surface area (TPSA) is 80.2 Å². The van der Waals surface area contributed by atoms with Crippen molar-refractivity contribution < 1.29 is 17.6 Å². The maximum Gasteiger partial charge on any atom is 0.326 e. The van der Waals surface area contributed by atoms with Crippen LogP contribution in [0, 0.1) is 12.7 Å². The normalized spacial score (nSPS) is 15.5. The fourth-order valence-corrected chi connectivity index (χ4v) is 4.56. The van der Waals surface area contributed by atoms with Crippen LogP contribution < -0.4 is 10.0 Å². The van der Waals surface area contributed by atoms with E-state index in [9.17, 15) is 17.6 Å². The second-order valence-corrected chi connectivity index (χ2v) is 8.70. The molecule has 8 heteroatoms. The molecule has 2 heterocycles. The zero-order chi connectivity index (χ0) is 17.9. The summed E-state index contributed by atoms with van der Waals surface area (Å²) in [5.41, 5.74) is 1.24. The molecule has 1 aliphatic heterocycles. The molecular formula is C16H20FN3O3S. The van der Waals surface area contributed by atoms with E-state index in [0.29, 0.717) is 23.9 Å². The molecule has 1 aromatic carbocycles. The number of carbonyl (C=O) groups excluding carboxylic acids is 1. The van der Waals surface area contributed by atoms with Gasteiger partial charge in [0.05, 0.1) is 5.52 Å². The Kier molecular flexibility index (Phi) is 3.72. The highest BCUT2D eigenvalue weighted by Crippen LogP contribution is 2.31. The van der Waals surface area contributed by atoms with Crippen LogP contribution in [0.3, 0.4) is 0 Å². The second kappa shape index (κ2) is 5.29. The Morgan fingerprint density at radius 2 is 1.96 bits per heavy atom. The maximum absolute atomic E-state index is 14.5. The quantitative estimate of drug-likeness (QED) is 0.869. The van der Waals surface area contributed by atoms with Crippen molar-refractivity contribution in [1.29, 1.82) is 0 Å². The van der Waals surface area contributed by atoms with Crippen LogP contribution in [-0.4, -0.2) is 31.1 Å². The number of hydrogen-bond acceptors (Lipinski definition) is 3. The van der Waals surface area contributed by atoms with E-state index in [1.165, 1.54) is 16.7 Å². The van der Waals surface area contributed by atoms with Gasteiger partial charge in [-0.3, -0.25) is 4.57 Å². The molecule has 1 aliphatic rings. The average molecular weight is 353 g/mol. The summed E-state index contributed by atoms with van der Waals surface area (Å²) < 4.78 is 43.4. The lowest BCUT2D eigenvalue weighted by molar-refractivity contribution is 0.240. The second-order valence-electron chi connectivity index (χ2n) is 7.04. The van der Waals surface area contributed by atoms with Crippen LogP contribution in [0.5, 0.6) is 0 Å². The number of amides is 1. The van der Waals surface area contributed by atoms with E-state index in [0.717, 1.165) is 11.3 Å². The fourth-order valence-electron chi connectivity index (χ4n) is 3.06. The molecule has 24 heavy (non-hydrogen) atoms. The highest BCUT2D eigenvalue weighted by Gasteiger charge is 2.29. The van der Waals surface area contributed by atoms with E-state index in [1.54, 1.807) is 20.8 Å².